The summed E-state index contributed by atoms with van der Waals surface area (Å²) in [6.45, 7) is 0. The average molecular weight is 241 g/mol. The SMILES string of the molecule is O=S(=O)(Cl)CCc1c(F)cccc1F. The van der Waals surface area contributed by atoms with Crippen LogP contribution in [0.15, 0.2) is 18.2 Å². The predicted octanol–water partition coefficient (Wildman–Crippen LogP) is 2.08. The lowest BCUT2D eigenvalue weighted by Gasteiger charge is -2.02. The molecular formula is C8H7ClF2O2S. The molecule has 0 radical (unpaired) electrons. The van der Waals surface area contributed by atoms with Crippen LogP contribution in [0.2, 0.25) is 0 Å². The lowest BCUT2D eigenvalue weighted by molar-refractivity contribution is 0.557. The number of hydrogen-bond donors (Lipinski definition) is 0. The Bertz CT molecular complexity index is 411. The molecule has 2 nitrogen and oxygen atoms in total. The summed E-state index contributed by atoms with van der Waals surface area (Å²) in [5, 5.41) is 0. The van der Waals surface area contributed by atoms with E-state index in [9.17, 15) is 17.2 Å². The maximum atomic E-state index is 12.9. The Morgan fingerprint density at radius 1 is 1.21 bits per heavy atom. The summed E-state index contributed by atoms with van der Waals surface area (Å²) in [7, 11) is 1.20. The van der Waals surface area contributed by atoms with Crippen molar-refractivity contribution in [3.05, 3.63) is 35.4 Å². The first-order chi connectivity index (χ1) is 6.40. The monoisotopic (exact) mass is 240 g/mol. The van der Waals surface area contributed by atoms with Crippen molar-refractivity contribution < 1.29 is 17.2 Å². The zero-order valence-corrected chi connectivity index (χ0v) is 8.58. The van der Waals surface area contributed by atoms with Gasteiger partial charge in [0.15, 0.2) is 0 Å². The molecule has 0 aliphatic carbocycles. The number of hydrogen-bond acceptors (Lipinski definition) is 2. The zero-order valence-electron chi connectivity index (χ0n) is 7.00. The van der Waals surface area contributed by atoms with E-state index in [1.807, 2.05) is 0 Å². The van der Waals surface area contributed by atoms with Crippen molar-refractivity contribution in [2.24, 2.45) is 0 Å². The van der Waals surface area contributed by atoms with Crippen molar-refractivity contribution >= 4 is 19.7 Å². The maximum Gasteiger partial charge on any atom is 0.232 e. The highest BCUT2D eigenvalue weighted by Crippen LogP contribution is 2.14. The summed E-state index contributed by atoms with van der Waals surface area (Å²) in [4.78, 5) is 0. The average Bonchev–Trinajstić information content (AvgIpc) is 2.01. The van der Waals surface area contributed by atoms with Crippen molar-refractivity contribution in [1.29, 1.82) is 0 Å². The van der Waals surface area contributed by atoms with Crippen LogP contribution in [0.1, 0.15) is 5.56 Å². The van der Waals surface area contributed by atoms with E-state index in [0.717, 1.165) is 12.1 Å². The first kappa shape index (κ1) is 11.4. The van der Waals surface area contributed by atoms with Crippen molar-refractivity contribution in [3.63, 3.8) is 0 Å². The molecule has 0 amide bonds. The zero-order chi connectivity index (χ0) is 10.8. The van der Waals surface area contributed by atoms with Gasteiger partial charge in [-0.15, -0.1) is 0 Å². The van der Waals surface area contributed by atoms with Crippen molar-refractivity contribution in [1.82, 2.24) is 0 Å². The predicted molar refractivity (Wildman–Crippen MR) is 49.7 cm³/mol. The molecule has 78 valence electrons. The molecule has 1 aromatic carbocycles. The topological polar surface area (TPSA) is 34.1 Å². The van der Waals surface area contributed by atoms with Crippen LogP contribution in [0.3, 0.4) is 0 Å². The Morgan fingerprint density at radius 3 is 2.14 bits per heavy atom. The minimum absolute atomic E-state index is 0.253. The van der Waals surface area contributed by atoms with Gasteiger partial charge in [0, 0.05) is 16.2 Å². The van der Waals surface area contributed by atoms with Gasteiger partial charge >= 0.3 is 0 Å². The second kappa shape index (κ2) is 4.23. The molecule has 0 aromatic heterocycles. The molecule has 0 saturated heterocycles. The molecule has 0 bridgehead atoms. The van der Waals surface area contributed by atoms with Gasteiger partial charge in [-0.1, -0.05) is 6.07 Å². The Labute approximate surface area is 84.9 Å². The molecule has 0 heterocycles. The fourth-order valence-electron chi connectivity index (χ4n) is 0.995. The molecule has 0 N–H and O–H groups in total. The highest BCUT2D eigenvalue weighted by atomic mass is 35.7. The van der Waals surface area contributed by atoms with Crippen molar-refractivity contribution in [3.8, 4) is 0 Å². The van der Waals surface area contributed by atoms with Crippen LogP contribution < -0.4 is 0 Å². The lowest BCUT2D eigenvalue weighted by Crippen LogP contribution is -2.04. The van der Waals surface area contributed by atoms with E-state index in [0.29, 0.717) is 0 Å². The molecule has 1 aromatic rings. The minimum Gasteiger partial charge on any atom is -0.212 e. The van der Waals surface area contributed by atoms with E-state index < -0.39 is 26.4 Å². The van der Waals surface area contributed by atoms with Crippen LogP contribution >= 0.6 is 10.7 Å². The van der Waals surface area contributed by atoms with Crippen molar-refractivity contribution in [2.45, 2.75) is 6.42 Å². The second-order valence-electron chi connectivity index (χ2n) is 2.69. The number of benzene rings is 1. The molecule has 0 aliphatic heterocycles. The van der Waals surface area contributed by atoms with Gasteiger partial charge in [-0.2, -0.15) is 0 Å². The smallest absolute Gasteiger partial charge is 0.212 e. The van der Waals surface area contributed by atoms with Gasteiger partial charge in [-0.05, 0) is 18.6 Å². The molecule has 0 fully saturated rings. The fourth-order valence-corrected chi connectivity index (χ4v) is 1.67. The van der Waals surface area contributed by atoms with Gasteiger partial charge in [-0.3, -0.25) is 0 Å². The van der Waals surface area contributed by atoms with E-state index in [2.05, 4.69) is 0 Å². The molecule has 14 heavy (non-hydrogen) atoms. The largest absolute Gasteiger partial charge is 0.232 e. The molecule has 0 atom stereocenters. The summed E-state index contributed by atoms with van der Waals surface area (Å²) in [5.74, 6) is -2.00. The second-order valence-corrected chi connectivity index (χ2v) is 5.59. The Morgan fingerprint density at radius 2 is 1.71 bits per heavy atom. The van der Waals surface area contributed by atoms with Gasteiger partial charge < -0.3 is 0 Å². The van der Waals surface area contributed by atoms with E-state index in [-0.39, 0.29) is 12.0 Å². The van der Waals surface area contributed by atoms with Crippen LogP contribution in [0.25, 0.3) is 0 Å². The summed E-state index contributed by atoms with van der Waals surface area (Å²) in [6, 6.07) is 3.35. The minimum atomic E-state index is -3.72. The molecule has 0 spiro atoms. The highest BCUT2D eigenvalue weighted by Gasteiger charge is 2.12. The van der Waals surface area contributed by atoms with Gasteiger partial charge in [0.05, 0.1) is 5.75 Å². The summed E-state index contributed by atoms with van der Waals surface area (Å²) < 4.78 is 47.0. The highest BCUT2D eigenvalue weighted by molar-refractivity contribution is 8.13. The van der Waals surface area contributed by atoms with E-state index >= 15 is 0 Å². The van der Waals surface area contributed by atoms with E-state index in [1.54, 1.807) is 0 Å². The standard InChI is InChI=1S/C8H7ClF2O2S/c9-14(12,13)5-4-6-7(10)2-1-3-8(6)11/h1-3H,4-5H2. The molecule has 6 heteroatoms. The summed E-state index contributed by atoms with van der Waals surface area (Å²) in [5.41, 5.74) is -0.253. The van der Waals surface area contributed by atoms with Crippen LogP contribution in [-0.2, 0) is 15.5 Å². The van der Waals surface area contributed by atoms with E-state index in [1.165, 1.54) is 6.07 Å². The third-order valence-electron chi connectivity index (χ3n) is 1.66. The normalized spacial score (nSPS) is 11.6. The summed E-state index contributed by atoms with van der Waals surface area (Å²) >= 11 is 0. The van der Waals surface area contributed by atoms with E-state index in [4.69, 9.17) is 10.7 Å². The Balaban J connectivity index is 2.87. The maximum absolute atomic E-state index is 12.9. The van der Waals surface area contributed by atoms with Crippen LogP contribution in [0, 0.1) is 11.6 Å². The molecular weight excluding hydrogens is 234 g/mol. The van der Waals surface area contributed by atoms with Gasteiger partial charge in [0.2, 0.25) is 9.05 Å². The third kappa shape index (κ3) is 3.23. The van der Waals surface area contributed by atoms with Gasteiger partial charge in [-0.25, -0.2) is 17.2 Å². The van der Waals surface area contributed by atoms with Gasteiger partial charge in [0.1, 0.15) is 11.6 Å². The summed E-state index contributed by atoms with van der Waals surface area (Å²) in [6.07, 6.45) is -0.260. The van der Waals surface area contributed by atoms with Gasteiger partial charge in [0.25, 0.3) is 0 Å². The molecule has 0 unspecified atom stereocenters. The van der Waals surface area contributed by atoms with Crippen LogP contribution in [-0.4, -0.2) is 14.2 Å². The first-order valence-corrected chi connectivity index (χ1v) is 6.23. The fraction of sp³-hybridized carbons (Fsp3) is 0.250. The Hall–Kier alpha value is -0.680. The van der Waals surface area contributed by atoms with Crippen molar-refractivity contribution in [2.75, 3.05) is 5.75 Å². The first-order valence-electron chi connectivity index (χ1n) is 3.75. The molecule has 1 rings (SSSR count). The third-order valence-corrected chi connectivity index (χ3v) is 2.81. The lowest BCUT2D eigenvalue weighted by atomic mass is 10.1. The number of halogens is 3. The number of rotatable bonds is 3. The molecule has 0 aliphatic rings. The quantitative estimate of drug-likeness (QED) is 0.758. The Kier molecular flexibility index (Phi) is 3.44. The van der Waals surface area contributed by atoms with Crippen LogP contribution in [0.4, 0.5) is 8.78 Å². The van der Waals surface area contributed by atoms with Crippen LogP contribution in [0.5, 0.6) is 0 Å². The molecule has 0 saturated carbocycles.